The SMILES string of the molecule is CC/C=C\C/C=C\C/C=C\C/C=C\C/C=C\C/C=C\CCC(=O)OC[C@H](COC(=O)CCCCCC/C=C\C/C=C\C/C=C\CCCCC)OC(=O)CC/C=C\C/C=C\C/C=C\C/C=C\C/C=C\C/C=C\CC. The summed E-state index contributed by atoms with van der Waals surface area (Å²) < 4.78 is 16.7. The molecule has 6 nitrogen and oxygen atoms in total. The smallest absolute Gasteiger partial charge is 0.306 e. The van der Waals surface area contributed by atoms with Crippen molar-refractivity contribution in [3.8, 4) is 0 Å². The highest BCUT2D eigenvalue weighted by molar-refractivity contribution is 5.71. The van der Waals surface area contributed by atoms with Crippen molar-refractivity contribution in [1.82, 2.24) is 0 Å². The maximum atomic E-state index is 12.8. The normalized spacial score (nSPS) is 13.5. The Labute approximate surface area is 446 Å². The van der Waals surface area contributed by atoms with Crippen LogP contribution in [0.2, 0.25) is 0 Å². The highest BCUT2D eigenvalue weighted by atomic mass is 16.6. The number of rotatable bonds is 48. The Morgan fingerprint density at radius 2 is 0.562 bits per heavy atom. The maximum absolute atomic E-state index is 12.8. The van der Waals surface area contributed by atoms with Crippen LogP contribution in [0.3, 0.4) is 0 Å². The lowest BCUT2D eigenvalue weighted by Gasteiger charge is -2.18. The first-order valence-corrected chi connectivity index (χ1v) is 28.3. The molecule has 0 heterocycles. The average molecular weight is 1000 g/mol. The Hall–Kier alpha value is -5.49. The summed E-state index contributed by atoms with van der Waals surface area (Å²) in [7, 11) is 0. The van der Waals surface area contributed by atoms with Crippen LogP contribution in [0.25, 0.3) is 0 Å². The fourth-order valence-electron chi connectivity index (χ4n) is 6.73. The summed E-state index contributed by atoms with van der Waals surface area (Å²) in [5.74, 6) is -1.16. The minimum absolute atomic E-state index is 0.153. The predicted octanol–water partition coefficient (Wildman–Crippen LogP) is 19.3. The minimum atomic E-state index is -0.870. The molecule has 0 saturated carbocycles. The lowest BCUT2D eigenvalue weighted by atomic mass is 10.1. The molecular formula is C67H100O6. The molecule has 0 bridgehead atoms. The van der Waals surface area contributed by atoms with Crippen LogP contribution in [-0.4, -0.2) is 37.2 Å². The van der Waals surface area contributed by atoms with E-state index in [9.17, 15) is 14.4 Å². The van der Waals surface area contributed by atoms with E-state index in [1.807, 2.05) is 24.3 Å². The van der Waals surface area contributed by atoms with Crippen LogP contribution in [0.4, 0.5) is 0 Å². The number of allylic oxidation sites excluding steroid dienone is 30. The summed E-state index contributed by atoms with van der Waals surface area (Å²) in [4.78, 5) is 38.1. The van der Waals surface area contributed by atoms with Gasteiger partial charge in [-0.05, 0) is 135 Å². The van der Waals surface area contributed by atoms with Gasteiger partial charge < -0.3 is 14.2 Å². The van der Waals surface area contributed by atoms with Crippen molar-refractivity contribution < 1.29 is 28.6 Å². The number of unbranched alkanes of at least 4 members (excludes halogenated alkanes) is 7. The molecule has 73 heavy (non-hydrogen) atoms. The van der Waals surface area contributed by atoms with E-state index in [2.05, 4.69) is 179 Å². The maximum Gasteiger partial charge on any atom is 0.306 e. The molecule has 0 fully saturated rings. The van der Waals surface area contributed by atoms with E-state index in [4.69, 9.17) is 14.2 Å². The lowest BCUT2D eigenvalue weighted by Crippen LogP contribution is -2.30. The molecule has 0 aliphatic heterocycles. The Kier molecular flexibility index (Phi) is 54.6. The third-order valence-electron chi connectivity index (χ3n) is 10.9. The number of ether oxygens (including phenoxy) is 3. The fraction of sp³-hybridized carbons (Fsp3) is 0.507. The topological polar surface area (TPSA) is 78.9 Å². The fourth-order valence-corrected chi connectivity index (χ4v) is 6.73. The molecule has 0 N–H and O–H groups in total. The number of esters is 3. The van der Waals surface area contributed by atoms with Crippen LogP contribution in [0.5, 0.6) is 0 Å². The molecular weight excluding hydrogens is 901 g/mol. The second-order valence-electron chi connectivity index (χ2n) is 17.7. The van der Waals surface area contributed by atoms with Crippen molar-refractivity contribution in [1.29, 1.82) is 0 Å². The van der Waals surface area contributed by atoms with Crippen molar-refractivity contribution in [3.63, 3.8) is 0 Å². The number of hydrogen-bond donors (Lipinski definition) is 0. The molecule has 0 amide bonds. The van der Waals surface area contributed by atoms with Gasteiger partial charge in [0.05, 0.1) is 0 Å². The number of carbonyl (C=O) groups excluding carboxylic acids is 3. The summed E-state index contributed by atoms with van der Waals surface area (Å²) in [5, 5.41) is 0. The molecule has 6 heteroatoms. The van der Waals surface area contributed by atoms with Crippen molar-refractivity contribution in [2.75, 3.05) is 13.2 Å². The monoisotopic (exact) mass is 1000 g/mol. The first-order valence-electron chi connectivity index (χ1n) is 28.3. The summed E-state index contributed by atoms with van der Waals surface area (Å²) in [5.41, 5.74) is 0. The van der Waals surface area contributed by atoms with Gasteiger partial charge in [0.2, 0.25) is 0 Å². The summed E-state index contributed by atoms with van der Waals surface area (Å²) in [6.07, 6.45) is 89.0. The third-order valence-corrected chi connectivity index (χ3v) is 10.9. The van der Waals surface area contributed by atoms with Crippen LogP contribution in [0.15, 0.2) is 182 Å². The van der Waals surface area contributed by atoms with Crippen molar-refractivity contribution in [3.05, 3.63) is 182 Å². The van der Waals surface area contributed by atoms with Crippen LogP contribution < -0.4 is 0 Å². The van der Waals surface area contributed by atoms with Crippen molar-refractivity contribution in [2.24, 2.45) is 0 Å². The van der Waals surface area contributed by atoms with E-state index in [-0.39, 0.29) is 32.0 Å². The summed E-state index contributed by atoms with van der Waals surface area (Å²) >= 11 is 0. The molecule has 0 saturated heterocycles. The first kappa shape index (κ1) is 67.5. The predicted molar refractivity (Wildman–Crippen MR) is 315 cm³/mol. The van der Waals surface area contributed by atoms with Gasteiger partial charge in [0.1, 0.15) is 13.2 Å². The zero-order valence-electron chi connectivity index (χ0n) is 46.1. The Morgan fingerprint density at radius 3 is 0.904 bits per heavy atom. The zero-order chi connectivity index (χ0) is 52.9. The van der Waals surface area contributed by atoms with Crippen molar-refractivity contribution in [2.45, 2.75) is 207 Å². The van der Waals surface area contributed by atoms with Crippen LogP contribution >= 0.6 is 0 Å². The van der Waals surface area contributed by atoms with Gasteiger partial charge in [-0.15, -0.1) is 0 Å². The zero-order valence-corrected chi connectivity index (χ0v) is 46.1. The van der Waals surface area contributed by atoms with Gasteiger partial charge in [-0.3, -0.25) is 14.4 Å². The second kappa shape index (κ2) is 59.1. The van der Waals surface area contributed by atoms with Crippen LogP contribution in [0.1, 0.15) is 201 Å². The summed E-state index contributed by atoms with van der Waals surface area (Å²) in [6, 6.07) is 0. The van der Waals surface area contributed by atoms with E-state index in [0.29, 0.717) is 19.3 Å². The number of hydrogen-bond acceptors (Lipinski definition) is 6. The Morgan fingerprint density at radius 1 is 0.288 bits per heavy atom. The van der Waals surface area contributed by atoms with Gasteiger partial charge in [0.25, 0.3) is 0 Å². The largest absolute Gasteiger partial charge is 0.462 e. The van der Waals surface area contributed by atoms with Crippen LogP contribution in [-0.2, 0) is 28.6 Å². The average Bonchev–Trinajstić information content (AvgIpc) is 3.39. The van der Waals surface area contributed by atoms with E-state index < -0.39 is 18.0 Å². The van der Waals surface area contributed by atoms with E-state index in [1.165, 1.54) is 25.7 Å². The molecule has 0 aromatic rings. The van der Waals surface area contributed by atoms with Gasteiger partial charge in [-0.1, -0.05) is 229 Å². The molecule has 0 aliphatic rings. The van der Waals surface area contributed by atoms with Gasteiger partial charge in [0, 0.05) is 19.3 Å². The molecule has 0 aromatic carbocycles. The van der Waals surface area contributed by atoms with Gasteiger partial charge in [0.15, 0.2) is 6.10 Å². The standard InChI is InChI=1S/C67H100O6/c1-4-7-10-13-16-19-22-25-28-31-33-36-39-42-45-48-51-54-57-60-66(69)72-63-64(62-71-65(68)59-56-53-50-47-44-41-38-35-30-27-24-21-18-15-12-9-6-3)73-67(70)61-58-55-52-49-46-43-40-37-34-32-29-26-23-20-17-14-11-8-5-2/h7-8,10-11,16-21,25-30,33-34,36-38,41-43,45-46,51-52,54-55,64H,4-6,9,12-15,22-24,31-32,35,39-40,44,47-50,53,56-63H2,1-3H3/b10-7-,11-8-,19-16-,20-17-,21-18-,28-25-,29-26-,30-27-,36-33-,37-34-,41-38-,45-42-,46-43-,54-51-,55-52-/t64-/m0/s1. The molecule has 1 atom stereocenters. The minimum Gasteiger partial charge on any atom is -0.462 e. The number of carbonyl (C=O) groups is 3. The molecule has 0 radical (unpaired) electrons. The van der Waals surface area contributed by atoms with Crippen LogP contribution in [0, 0.1) is 0 Å². The van der Waals surface area contributed by atoms with Gasteiger partial charge >= 0.3 is 17.9 Å². The quantitative estimate of drug-likeness (QED) is 0.0262. The molecule has 0 rings (SSSR count). The summed E-state index contributed by atoms with van der Waals surface area (Å²) in [6.45, 7) is 6.21. The third kappa shape index (κ3) is 57.3. The first-order chi connectivity index (χ1) is 36.0. The Bertz CT molecular complexity index is 1770. The second-order valence-corrected chi connectivity index (χ2v) is 17.7. The van der Waals surface area contributed by atoms with Gasteiger partial charge in [-0.25, -0.2) is 0 Å². The van der Waals surface area contributed by atoms with Gasteiger partial charge in [-0.2, -0.15) is 0 Å². The molecule has 0 unspecified atom stereocenters. The van der Waals surface area contributed by atoms with E-state index in [1.54, 1.807) is 0 Å². The van der Waals surface area contributed by atoms with Crippen molar-refractivity contribution >= 4 is 17.9 Å². The molecule has 404 valence electrons. The highest BCUT2D eigenvalue weighted by Crippen LogP contribution is 2.10. The highest BCUT2D eigenvalue weighted by Gasteiger charge is 2.19. The molecule has 0 aromatic heterocycles. The Balaban J connectivity index is 4.71. The molecule has 0 aliphatic carbocycles. The lowest BCUT2D eigenvalue weighted by molar-refractivity contribution is -0.166. The van der Waals surface area contributed by atoms with E-state index >= 15 is 0 Å². The molecule has 0 spiro atoms. The van der Waals surface area contributed by atoms with E-state index in [0.717, 1.165) is 122 Å².